The fraction of sp³-hybridized carbons (Fsp3) is 0.143. The minimum Gasteiger partial charge on any atom is -0.457 e. The van der Waals surface area contributed by atoms with Gasteiger partial charge in [0.2, 0.25) is 0 Å². The Morgan fingerprint density at radius 2 is 2.05 bits per heavy atom. The highest BCUT2D eigenvalue weighted by Gasteiger charge is 2.11. The summed E-state index contributed by atoms with van der Waals surface area (Å²) < 4.78 is 6.24. The molecule has 0 aliphatic carbocycles. The molecule has 20 heavy (non-hydrogen) atoms. The van der Waals surface area contributed by atoms with Crippen LogP contribution < -0.4 is 4.74 Å². The van der Waals surface area contributed by atoms with Gasteiger partial charge in [0.25, 0.3) is 5.69 Å². The van der Waals surface area contributed by atoms with Crippen LogP contribution in [-0.2, 0) is 6.61 Å². The first-order valence-electron chi connectivity index (χ1n) is 5.83. The number of rotatable bonds is 4. The van der Waals surface area contributed by atoms with Gasteiger partial charge in [0.15, 0.2) is 0 Å². The first-order valence-corrected chi connectivity index (χ1v) is 6.62. The highest BCUT2D eigenvalue weighted by atomic mass is 79.9. The highest BCUT2D eigenvalue weighted by molar-refractivity contribution is 9.10. The molecule has 2 rings (SSSR count). The van der Waals surface area contributed by atoms with E-state index in [0.717, 1.165) is 11.1 Å². The number of non-ortho nitro benzene ring substituents is 1. The van der Waals surface area contributed by atoms with Crippen LogP contribution in [0.15, 0.2) is 40.9 Å². The van der Waals surface area contributed by atoms with E-state index < -0.39 is 4.92 Å². The predicted octanol–water partition coefficient (Wildman–Crippen LogP) is 3.95. The minimum atomic E-state index is -0.473. The number of nitro groups is 1. The number of ether oxygens (including phenoxy) is 1. The predicted molar refractivity (Wildman–Crippen MR) is 78.0 cm³/mol. The number of hydrogen-bond donors (Lipinski definition) is 1. The van der Waals surface area contributed by atoms with Crippen LogP contribution in [0.2, 0.25) is 0 Å². The number of aliphatic hydroxyl groups is 1. The number of aryl methyl sites for hydroxylation is 1. The summed E-state index contributed by atoms with van der Waals surface area (Å²) in [5.41, 5.74) is 1.59. The largest absolute Gasteiger partial charge is 0.457 e. The van der Waals surface area contributed by atoms with Gasteiger partial charge in [-0.2, -0.15) is 0 Å². The summed E-state index contributed by atoms with van der Waals surface area (Å²) in [5, 5.41) is 19.9. The molecule has 0 heterocycles. The quantitative estimate of drug-likeness (QED) is 0.677. The molecule has 5 nitrogen and oxygen atoms in total. The van der Waals surface area contributed by atoms with Crippen molar-refractivity contribution in [2.45, 2.75) is 13.5 Å². The van der Waals surface area contributed by atoms with Gasteiger partial charge in [-0.05, 0) is 30.2 Å². The monoisotopic (exact) mass is 337 g/mol. The van der Waals surface area contributed by atoms with Crippen LogP contribution in [0.3, 0.4) is 0 Å². The van der Waals surface area contributed by atoms with Crippen LogP contribution >= 0.6 is 15.9 Å². The number of nitrogens with zero attached hydrogens (tertiary/aromatic N) is 1. The summed E-state index contributed by atoms with van der Waals surface area (Å²) in [6.07, 6.45) is 0. The zero-order chi connectivity index (χ0) is 14.7. The molecule has 0 saturated heterocycles. The van der Waals surface area contributed by atoms with Gasteiger partial charge in [0.1, 0.15) is 11.5 Å². The Morgan fingerprint density at radius 3 is 2.65 bits per heavy atom. The Morgan fingerprint density at radius 1 is 1.30 bits per heavy atom. The molecule has 0 aliphatic rings. The smallest absolute Gasteiger partial charge is 0.274 e. The summed E-state index contributed by atoms with van der Waals surface area (Å²) in [6, 6.07) is 9.72. The molecule has 2 aromatic rings. The number of benzene rings is 2. The van der Waals surface area contributed by atoms with Crippen molar-refractivity contribution in [3.8, 4) is 11.5 Å². The maximum Gasteiger partial charge on any atom is 0.274 e. The molecule has 0 aliphatic heterocycles. The number of hydrogen-bond acceptors (Lipinski definition) is 4. The second kappa shape index (κ2) is 6.02. The van der Waals surface area contributed by atoms with Crippen molar-refractivity contribution in [1.29, 1.82) is 0 Å². The molecular weight excluding hydrogens is 326 g/mol. The zero-order valence-electron chi connectivity index (χ0n) is 10.7. The van der Waals surface area contributed by atoms with Gasteiger partial charge in [0, 0.05) is 10.5 Å². The van der Waals surface area contributed by atoms with Crippen LogP contribution in [0, 0.1) is 17.0 Å². The third-order valence-corrected chi connectivity index (χ3v) is 3.17. The van der Waals surface area contributed by atoms with Crippen molar-refractivity contribution < 1.29 is 14.8 Å². The Hall–Kier alpha value is -1.92. The standard InChI is InChI=1S/C14H12BrNO4/c1-9-4-10(8-17)2-3-14(9)20-13-6-11(15)5-12(7-13)16(18)19/h2-7,17H,8H2,1H3. The summed E-state index contributed by atoms with van der Waals surface area (Å²) in [7, 11) is 0. The van der Waals surface area contributed by atoms with Crippen molar-refractivity contribution in [1.82, 2.24) is 0 Å². The molecule has 2 aromatic carbocycles. The average molecular weight is 338 g/mol. The zero-order valence-corrected chi connectivity index (χ0v) is 12.3. The molecule has 0 fully saturated rings. The van der Waals surface area contributed by atoms with Crippen molar-refractivity contribution >= 4 is 21.6 Å². The van der Waals surface area contributed by atoms with E-state index in [1.807, 2.05) is 13.0 Å². The van der Waals surface area contributed by atoms with Crippen LogP contribution in [0.25, 0.3) is 0 Å². The highest BCUT2D eigenvalue weighted by Crippen LogP contribution is 2.31. The van der Waals surface area contributed by atoms with Crippen LogP contribution in [0.5, 0.6) is 11.5 Å². The Labute approximate surface area is 124 Å². The van der Waals surface area contributed by atoms with Crippen molar-refractivity contribution in [3.05, 3.63) is 62.1 Å². The Balaban J connectivity index is 2.32. The normalized spacial score (nSPS) is 10.3. The number of nitro benzene ring substituents is 1. The fourth-order valence-corrected chi connectivity index (χ4v) is 2.22. The second-order valence-electron chi connectivity index (χ2n) is 4.26. The number of aliphatic hydroxyl groups excluding tert-OH is 1. The molecule has 0 unspecified atom stereocenters. The molecule has 0 spiro atoms. The third kappa shape index (κ3) is 3.34. The lowest BCUT2D eigenvalue weighted by Crippen LogP contribution is -1.93. The molecule has 6 heteroatoms. The molecular formula is C14H12BrNO4. The van der Waals surface area contributed by atoms with Gasteiger partial charge < -0.3 is 9.84 Å². The van der Waals surface area contributed by atoms with Crippen LogP contribution in [0.4, 0.5) is 5.69 Å². The summed E-state index contributed by atoms with van der Waals surface area (Å²) >= 11 is 3.22. The molecule has 0 aromatic heterocycles. The van der Waals surface area contributed by atoms with E-state index in [9.17, 15) is 10.1 Å². The van der Waals surface area contributed by atoms with E-state index in [2.05, 4.69) is 15.9 Å². The first-order chi connectivity index (χ1) is 9.49. The van der Waals surface area contributed by atoms with E-state index in [1.165, 1.54) is 12.1 Å². The molecule has 0 saturated carbocycles. The lowest BCUT2D eigenvalue weighted by atomic mass is 10.1. The van der Waals surface area contributed by atoms with Gasteiger partial charge in [-0.3, -0.25) is 10.1 Å². The van der Waals surface area contributed by atoms with E-state index in [-0.39, 0.29) is 12.3 Å². The topological polar surface area (TPSA) is 72.6 Å². The first kappa shape index (κ1) is 14.5. The molecule has 104 valence electrons. The van der Waals surface area contributed by atoms with Crippen LogP contribution in [-0.4, -0.2) is 10.0 Å². The Bertz CT molecular complexity index is 658. The van der Waals surface area contributed by atoms with E-state index in [0.29, 0.717) is 16.0 Å². The maximum atomic E-state index is 10.8. The van der Waals surface area contributed by atoms with Gasteiger partial charge in [-0.15, -0.1) is 0 Å². The SMILES string of the molecule is Cc1cc(CO)ccc1Oc1cc(Br)cc([N+](=O)[O-])c1. The van der Waals surface area contributed by atoms with E-state index >= 15 is 0 Å². The van der Waals surface area contributed by atoms with Gasteiger partial charge in [-0.25, -0.2) is 0 Å². The lowest BCUT2D eigenvalue weighted by molar-refractivity contribution is -0.385. The second-order valence-corrected chi connectivity index (χ2v) is 5.18. The molecule has 0 atom stereocenters. The van der Waals surface area contributed by atoms with E-state index in [4.69, 9.17) is 9.84 Å². The van der Waals surface area contributed by atoms with Crippen molar-refractivity contribution in [2.75, 3.05) is 0 Å². The van der Waals surface area contributed by atoms with Gasteiger partial charge in [-0.1, -0.05) is 28.1 Å². The van der Waals surface area contributed by atoms with Crippen molar-refractivity contribution in [2.24, 2.45) is 0 Å². The summed E-state index contributed by atoms with van der Waals surface area (Å²) in [6.45, 7) is 1.81. The van der Waals surface area contributed by atoms with Crippen molar-refractivity contribution in [3.63, 3.8) is 0 Å². The summed E-state index contributed by atoms with van der Waals surface area (Å²) in [5.74, 6) is 0.973. The summed E-state index contributed by atoms with van der Waals surface area (Å²) in [4.78, 5) is 10.3. The Kier molecular flexibility index (Phi) is 4.36. The molecule has 0 amide bonds. The van der Waals surface area contributed by atoms with Gasteiger partial charge >= 0.3 is 0 Å². The van der Waals surface area contributed by atoms with Gasteiger partial charge in [0.05, 0.1) is 17.6 Å². The molecule has 0 bridgehead atoms. The maximum absolute atomic E-state index is 10.8. The molecule has 1 N–H and O–H groups in total. The number of halogens is 1. The average Bonchev–Trinajstić information content (AvgIpc) is 2.40. The van der Waals surface area contributed by atoms with Crippen LogP contribution in [0.1, 0.15) is 11.1 Å². The third-order valence-electron chi connectivity index (χ3n) is 2.72. The lowest BCUT2D eigenvalue weighted by Gasteiger charge is -2.10. The van der Waals surface area contributed by atoms with E-state index in [1.54, 1.807) is 18.2 Å². The fourth-order valence-electron chi connectivity index (χ4n) is 1.76. The minimum absolute atomic E-state index is 0.0382. The molecule has 0 radical (unpaired) electrons.